The molecule has 1 amide bonds. The zero-order chi connectivity index (χ0) is 23.9. The molecular weight excluding hydrogens is 459 g/mol. The SMILES string of the molecule is CN(C)Cc1ccc2c(c1)c1nc(C(=O)NCc3cnn(C)c3)nc(Cl)c1n2CC(F)(F)F. The number of carbonyl (C=O) groups excluding carboxylic acids is 1. The molecule has 174 valence electrons. The molecule has 0 aliphatic rings. The zero-order valence-corrected chi connectivity index (χ0v) is 18.9. The van der Waals surface area contributed by atoms with Crippen LogP contribution in [0.25, 0.3) is 21.9 Å². The normalized spacial score (nSPS) is 12.2. The van der Waals surface area contributed by atoms with E-state index in [0.717, 1.165) is 15.7 Å². The van der Waals surface area contributed by atoms with E-state index >= 15 is 0 Å². The Kier molecular flexibility index (Phi) is 6.02. The highest BCUT2D eigenvalue weighted by Gasteiger charge is 2.31. The predicted molar refractivity (Wildman–Crippen MR) is 118 cm³/mol. The van der Waals surface area contributed by atoms with Crippen molar-refractivity contribution < 1.29 is 18.0 Å². The number of hydrogen-bond acceptors (Lipinski definition) is 5. The van der Waals surface area contributed by atoms with Gasteiger partial charge in [-0.3, -0.25) is 9.48 Å². The summed E-state index contributed by atoms with van der Waals surface area (Å²) in [6.45, 7) is -0.483. The maximum atomic E-state index is 13.3. The number of nitrogens with one attached hydrogen (secondary N) is 1. The van der Waals surface area contributed by atoms with E-state index in [0.29, 0.717) is 17.4 Å². The highest BCUT2D eigenvalue weighted by molar-refractivity contribution is 6.35. The Morgan fingerprint density at radius 3 is 2.61 bits per heavy atom. The van der Waals surface area contributed by atoms with Gasteiger partial charge in [0.25, 0.3) is 5.91 Å². The number of aromatic nitrogens is 5. The van der Waals surface area contributed by atoms with Crippen LogP contribution in [0.1, 0.15) is 21.7 Å². The Hall–Kier alpha value is -3.18. The van der Waals surface area contributed by atoms with Crippen LogP contribution >= 0.6 is 11.6 Å². The summed E-state index contributed by atoms with van der Waals surface area (Å²) in [6, 6.07) is 5.14. The molecule has 0 radical (unpaired) electrons. The molecule has 12 heteroatoms. The molecule has 0 aliphatic heterocycles. The molecular formula is C21H21ClF3N7O. The minimum absolute atomic E-state index is 0.0369. The second kappa shape index (κ2) is 8.64. The molecule has 0 bridgehead atoms. The number of fused-ring (bicyclic) bond motifs is 3. The molecule has 0 spiro atoms. The first-order valence-electron chi connectivity index (χ1n) is 9.97. The maximum Gasteiger partial charge on any atom is 0.406 e. The molecule has 4 aromatic rings. The molecule has 0 saturated heterocycles. The molecule has 4 rings (SSSR count). The number of rotatable bonds is 6. The van der Waals surface area contributed by atoms with Crippen LogP contribution in [0.15, 0.2) is 30.6 Å². The minimum Gasteiger partial charge on any atom is -0.345 e. The average molecular weight is 480 g/mol. The number of amides is 1. The number of alkyl halides is 3. The summed E-state index contributed by atoms with van der Waals surface area (Å²) >= 11 is 6.32. The van der Waals surface area contributed by atoms with Gasteiger partial charge < -0.3 is 14.8 Å². The topological polar surface area (TPSA) is 80.9 Å². The minimum atomic E-state index is -4.48. The summed E-state index contributed by atoms with van der Waals surface area (Å²) in [4.78, 5) is 23.0. The molecule has 1 N–H and O–H groups in total. The van der Waals surface area contributed by atoms with Crippen molar-refractivity contribution in [1.29, 1.82) is 0 Å². The van der Waals surface area contributed by atoms with Crippen molar-refractivity contribution in [2.24, 2.45) is 7.05 Å². The van der Waals surface area contributed by atoms with Crippen molar-refractivity contribution in [2.75, 3.05) is 14.1 Å². The predicted octanol–water partition coefficient (Wildman–Crippen LogP) is 3.53. The Bertz CT molecular complexity index is 1340. The highest BCUT2D eigenvalue weighted by Crippen LogP contribution is 2.34. The van der Waals surface area contributed by atoms with Crippen molar-refractivity contribution >= 4 is 39.4 Å². The van der Waals surface area contributed by atoms with E-state index in [2.05, 4.69) is 20.4 Å². The fourth-order valence-electron chi connectivity index (χ4n) is 3.72. The first-order chi connectivity index (χ1) is 15.5. The molecule has 8 nitrogen and oxygen atoms in total. The van der Waals surface area contributed by atoms with Crippen molar-refractivity contribution in [1.82, 2.24) is 34.5 Å². The van der Waals surface area contributed by atoms with Crippen LogP contribution in [-0.4, -0.2) is 55.4 Å². The Balaban J connectivity index is 1.81. The number of nitrogens with zero attached hydrogens (tertiary/aromatic N) is 6. The lowest BCUT2D eigenvalue weighted by molar-refractivity contribution is -0.139. The largest absolute Gasteiger partial charge is 0.406 e. The highest BCUT2D eigenvalue weighted by atomic mass is 35.5. The summed E-state index contributed by atoms with van der Waals surface area (Å²) in [5, 5.41) is 6.96. The molecule has 0 fully saturated rings. The maximum absolute atomic E-state index is 13.3. The third-order valence-corrected chi connectivity index (χ3v) is 5.23. The van der Waals surface area contributed by atoms with Crippen LogP contribution < -0.4 is 5.32 Å². The van der Waals surface area contributed by atoms with Crippen LogP contribution in [0.4, 0.5) is 13.2 Å². The second-order valence-electron chi connectivity index (χ2n) is 8.03. The van der Waals surface area contributed by atoms with E-state index < -0.39 is 18.6 Å². The molecule has 3 aromatic heterocycles. The van der Waals surface area contributed by atoms with Crippen molar-refractivity contribution in [3.8, 4) is 0 Å². The molecule has 33 heavy (non-hydrogen) atoms. The lowest BCUT2D eigenvalue weighted by Crippen LogP contribution is -2.25. The van der Waals surface area contributed by atoms with Gasteiger partial charge in [-0.05, 0) is 31.8 Å². The van der Waals surface area contributed by atoms with Crippen LogP contribution in [0.3, 0.4) is 0 Å². The number of carbonyl (C=O) groups is 1. The third-order valence-electron chi connectivity index (χ3n) is 4.97. The lowest BCUT2D eigenvalue weighted by atomic mass is 10.1. The number of benzene rings is 1. The van der Waals surface area contributed by atoms with E-state index in [1.54, 1.807) is 42.3 Å². The van der Waals surface area contributed by atoms with Crippen LogP contribution in [-0.2, 0) is 26.7 Å². The molecule has 3 heterocycles. The molecule has 0 saturated carbocycles. The zero-order valence-electron chi connectivity index (χ0n) is 18.1. The fraction of sp³-hybridized carbons (Fsp3) is 0.333. The summed E-state index contributed by atoms with van der Waals surface area (Å²) in [6.07, 6.45) is -1.13. The first-order valence-corrected chi connectivity index (χ1v) is 10.3. The first kappa shape index (κ1) is 23.0. The molecule has 0 aliphatic carbocycles. The van der Waals surface area contributed by atoms with Crippen LogP contribution in [0.5, 0.6) is 0 Å². The van der Waals surface area contributed by atoms with E-state index in [1.807, 2.05) is 19.0 Å². The molecule has 0 atom stereocenters. The summed E-state index contributed by atoms with van der Waals surface area (Å²) in [5.74, 6) is -0.815. The van der Waals surface area contributed by atoms with Gasteiger partial charge >= 0.3 is 6.18 Å². The van der Waals surface area contributed by atoms with E-state index in [-0.39, 0.29) is 28.6 Å². The van der Waals surface area contributed by atoms with E-state index in [1.165, 1.54) is 0 Å². The summed E-state index contributed by atoms with van der Waals surface area (Å²) in [7, 11) is 5.53. The quantitative estimate of drug-likeness (QED) is 0.428. The van der Waals surface area contributed by atoms with Gasteiger partial charge in [0.15, 0.2) is 5.15 Å². The van der Waals surface area contributed by atoms with Gasteiger partial charge in [-0.2, -0.15) is 18.3 Å². The van der Waals surface area contributed by atoms with Gasteiger partial charge in [0, 0.05) is 37.3 Å². The summed E-state index contributed by atoms with van der Waals surface area (Å²) < 4.78 is 42.7. The number of halogens is 4. The Morgan fingerprint density at radius 1 is 1.21 bits per heavy atom. The average Bonchev–Trinajstić information content (AvgIpc) is 3.26. The van der Waals surface area contributed by atoms with Crippen molar-refractivity contribution in [3.63, 3.8) is 0 Å². The lowest BCUT2D eigenvalue weighted by Gasteiger charge is -2.12. The molecule has 0 unspecified atom stereocenters. The Morgan fingerprint density at radius 2 is 1.97 bits per heavy atom. The van der Waals surface area contributed by atoms with Gasteiger partial charge in [0.05, 0.1) is 11.7 Å². The van der Waals surface area contributed by atoms with Crippen LogP contribution in [0.2, 0.25) is 5.15 Å². The van der Waals surface area contributed by atoms with Gasteiger partial charge in [-0.25, -0.2) is 9.97 Å². The van der Waals surface area contributed by atoms with Crippen molar-refractivity contribution in [2.45, 2.75) is 25.8 Å². The fourth-order valence-corrected chi connectivity index (χ4v) is 3.99. The van der Waals surface area contributed by atoms with Gasteiger partial charge in [0.2, 0.25) is 5.82 Å². The smallest absolute Gasteiger partial charge is 0.345 e. The van der Waals surface area contributed by atoms with Gasteiger partial charge in [-0.15, -0.1) is 0 Å². The number of aryl methyl sites for hydroxylation is 1. The third kappa shape index (κ3) is 4.93. The van der Waals surface area contributed by atoms with Crippen LogP contribution in [0, 0.1) is 0 Å². The van der Waals surface area contributed by atoms with Gasteiger partial charge in [0.1, 0.15) is 17.6 Å². The number of hydrogen-bond donors (Lipinski definition) is 1. The molecule has 1 aromatic carbocycles. The standard InChI is InChI=1S/C21H21ClF3N7O/c1-30(2)9-12-4-5-15-14(6-12)16-17(32(15)11-21(23,24)25)18(22)29-19(28-16)20(33)26-7-13-8-27-31(3)10-13/h4-6,8,10H,7,9,11H2,1-3H3,(H,26,33). The van der Waals surface area contributed by atoms with E-state index in [9.17, 15) is 18.0 Å². The Labute approximate surface area is 192 Å². The van der Waals surface area contributed by atoms with E-state index in [4.69, 9.17) is 11.6 Å². The monoisotopic (exact) mass is 479 g/mol. The van der Waals surface area contributed by atoms with Crippen molar-refractivity contribution in [3.05, 3.63) is 52.7 Å². The van der Waals surface area contributed by atoms with Gasteiger partial charge in [-0.1, -0.05) is 17.7 Å². The summed E-state index contributed by atoms with van der Waals surface area (Å²) in [5.41, 5.74) is 2.20. The second-order valence-corrected chi connectivity index (χ2v) is 8.39.